The van der Waals surface area contributed by atoms with Crippen molar-refractivity contribution in [2.24, 2.45) is 0 Å². The van der Waals surface area contributed by atoms with Crippen molar-refractivity contribution in [1.29, 1.82) is 5.26 Å². The number of hydrogen-bond acceptors (Lipinski definition) is 6. The van der Waals surface area contributed by atoms with Crippen molar-refractivity contribution in [1.82, 2.24) is 10.2 Å². The topological polar surface area (TPSA) is 73.2 Å². The summed E-state index contributed by atoms with van der Waals surface area (Å²) in [6.07, 6.45) is 3.29. The zero-order valence-electron chi connectivity index (χ0n) is 14.2. The Balaban J connectivity index is 1.43. The molecule has 1 N–H and O–H groups in total. The van der Waals surface area contributed by atoms with Gasteiger partial charge in [0.05, 0.1) is 17.2 Å². The standard InChI is InChI=1S/C19H19N3O2S2/c20-8-15-9-25-11-22(15)19(24)17-18(26-10-21-17)16(23)7-12-5-13-3-1-2-4-14(13)6-12/h1-5,15,17-18,21H,6-7,9-11H2/t15-,17+,18?/m1/s1. The molecular formula is C19H19N3O2S2. The zero-order valence-corrected chi connectivity index (χ0v) is 15.8. The van der Waals surface area contributed by atoms with Crippen LogP contribution >= 0.6 is 23.5 Å². The number of Topliss-reactive ketones (excluding diaryl/α,β-unsaturated/α-hetero) is 1. The summed E-state index contributed by atoms with van der Waals surface area (Å²) in [5, 5.41) is 12.0. The van der Waals surface area contributed by atoms with E-state index in [0.29, 0.717) is 23.9 Å². The average molecular weight is 386 g/mol. The van der Waals surface area contributed by atoms with E-state index in [-0.39, 0.29) is 23.0 Å². The van der Waals surface area contributed by atoms with Crippen molar-refractivity contribution in [2.45, 2.75) is 30.2 Å². The lowest BCUT2D eigenvalue weighted by atomic mass is 10.0. The van der Waals surface area contributed by atoms with Crippen LogP contribution in [0.4, 0.5) is 0 Å². The molecule has 1 aromatic rings. The Morgan fingerprint density at radius 1 is 1.35 bits per heavy atom. The van der Waals surface area contributed by atoms with Gasteiger partial charge in [-0.3, -0.25) is 14.9 Å². The molecule has 1 amide bonds. The molecule has 1 aromatic carbocycles. The molecule has 0 saturated carbocycles. The Kier molecular flexibility index (Phi) is 5.07. The van der Waals surface area contributed by atoms with Crippen molar-refractivity contribution in [3.63, 3.8) is 0 Å². The summed E-state index contributed by atoms with van der Waals surface area (Å²) >= 11 is 3.08. The van der Waals surface area contributed by atoms with E-state index in [1.165, 1.54) is 22.9 Å². The number of hydrogen-bond donors (Lipinski definition) is 1. The Labute approximate surface area is 161 Å². The SMILES string of the molecule is N#C[C@@H]1CSCN1C(=O)[C@H]1NCSC1C(=O)CC1=Cc2ccccc2C1. The van der Waals surface area contributed by atoms with Crippen molar-refractivity contribution in [3.8, 4) is 6.07 Å². The van der Waals surface area contributed by atoms with Crippen LogP contribution in [0.15, 0.2) is 29.8 Å². The van der Waals surface area contributed by atoms with E-state index in [9.17, 15) is 14.9 Å². The number of rotatable bonds is 4. The molecule has 0 aromatic heterocycles. The fraction of sp³-hybridized carbons (Fsp3) is 0.421. The van der Waals surface area contributed by atoms with Crippen molar-refractivity contribution >= 4 is 41.3 Å². The monoisotopic (exact) mass is 385 g/mol. The second-order valence-electron chi connectivity index (χ2n) is 6.69. The molecule has 0 bridgehead atoms. The highest BCUT2D eigenvalue weighted by molar-refractivity contribution is 8.01. The maximum absolute atomic E-state index is 12.9. The third kappa shape index (κ3) is 3.29. The Bertz CT molecular complexity index is 817. The molecule has 26 heavy (non-hydrogen) atoms. The van der Waals surface area contributed by atoms with Crippen LogP contribution in [0.1, 0.15) is 17.5 Å². The molecule has 2 heterocycles. The molecule has 134 valence electrons. The van der Waals surface area contributed by atoms with Crippen molar-refractivity contribution in [2.75, 3.05) is 17.5 Å². The minimum Gasteiger partial charge on any atom is -0.315 e. The van der Waals surface area contributed by atoms with Crippen molar-refractivity contribution < 1.29 is 9.59 Å². The normalized spacial score (nSPS) is 27.1. The first-order valence-corrected chi connectivity index (χ1v) is 10.8. The number of thioether (sulfide) groups is 2. The summed E-state index contributed by atoms with van der Waals surface area (Å²) in [5.74, 6) is 1.74. The predicted octanol–water partition coefficient (Wildman–Crippen LogP) is 2.04. The van der Waals surface area contributed by atoms with Crippen molar-refractivity contribution in [3.05, 3.63) is 41.0 Å². The van der Waals surface area contributed by atoms with Gasteiger partial charge in [-0.2, -0.15) is 5.26 Å². The van der Waals surface area contributed by atoms with E-state index in [1.807, 2.05) is 12.1 Å². The maximum Gasteiger partial charge on any atom is 0.243 e. The van der Waals surface area contributed by atoms with E-state index >= 15 is 0 Å². The molecule has 1 aliphatic carbocycles. The minimum atomic E-state index is -0.522. The summed E-state index contributed by atoms with van der Waals surface area (Å²) in [4.78, 5) is 27.4. The van der Waals surface area contributed by atoms with Gasteiger partial charge in [0.15, 0.2) is 5.78 Å². The number of nitriles is 1. The first kappa shape index (κ1) is 17.7. The molecule has 3 atom stereocenters. The molecule has 5 nitrogen and oxygen atoms in total. The van der Waals surface area contributed by atoms with Gasteiger partial charge in [0, 0.05) is 18.1 Å². The lowest BCUT2D eigenvalue weighted by Gasteiger charge is -2.25. The Morgan fingerprint density at radius 3 is 3.00 bits per heavy atom. The van der Waals surface area contributed by atoms with Gasteiger partial charge in [-0.25, -0.2) is 0 Å². The molecule has 3 aliphatic rings. The molecular weight excluding hydrogens is 366 g/mol. The number of carbonyl (C=O) groups is 2. The molecule has 2 aliphatic heterocycles. The first-order chi connectivity index (χ1) is 12.7. The number of allylic oxidation sites excluding steroid dienone is 1. The molecule has 1 unspecified atom stereocenters. The predicted molar refractivity (Wildman–Crippen MR) is 104 cm³/mol. The van der Waals surface area contributed by atoms with Crippen LogP contribution < -0.4 is 5.32 Å². The third-order valence-corrected chi connectivity index (χ3v) is 7.24. The molecule has 4 rings (SSSR count). The van der Waals surface area contributed by atoms with Gasteiger partial charge in [-0.1, -0.05) is 35.9 Å². The van der Waals surface area contributed by atoms with Crippen LogP contribution in [0.25, 0.3) is 6.08 Å². The Hall–Kier alpha value is -1.75. The summed E-state index contributed by atoms with van der Waals surface area (Å²) in [5.41, 5.74) is 3.55. The van der Waals surface area contributed by atoms with Gasteiger partial charge in [0.25, 0.3) is 0 Å². The summed E-state index contributed by atoms with van der Waals surface area (Å²) in [6, 6.07) is 9.46. The van der Waals surface area contributed by atoms with Gasteiger partial charge in [-0.15, -0.1) is 23.5 Å². The highest BCUT2D eigenvalue weighted by atomic mass is 32.2. The van der Waals surface area contributed by atoms with Crippen LogP contribution in [-0.2, 0) is 16.0 Å². The van der Waals surface area contributed by atoms with Crippen LogP contribution in [0.3, 0.4) is 0 Å². The number of fused-ring (bicyclic) bond motifs is 1. The van der Waals surface area contributed by atoms with E-state index in [2.05, 4.69) is 29.6 Å². The van der Waals surface area contributed by atoms with Crippen LogP contribution in [0.2, 0.25) is 0 Å². The summed E-state index contributed by atoms with van der Waals surface area (Å²) < 4.78 is 0. The fourth-order valence-electron chi connectivity index (χ4n) is 3.66. The van der Waals surface area contributed by atoms with E-state index in [1.54, 1.807) is 16.7 Å². The molecule has 0 spiro atoms. The third-order valence-electron chi connectivity index (χ3n) is 5.00. The van der Waals surface area contributed by atoms with Gasteiger partial charge < -0.3 is 4.90 Å². The number of carbonyl (C=O) groups excluding carboxylic acids is 2. The highest BCUT2D eigenvalue weighted by Crippen LogP contribution is 2.31. The number of nitrogens with zero attached hydrogens (tertiary/aromatic N) is 2. The zero-order chi connectivity index (χ0) is 18.1. The van der Waals surface area contributed by atoms with Crippen LogP contribution in [0, 0.1) is 11.3 Å². The summed E-state index contributed by atoms with van der Waals surface area (Å²) in [7, 11) is 0. The lowest BCUT2D eigenvalue weighted by Crippen LogP contribution is -2.51. The van der Waals surface area contributed by atoms with Crippen LogP contribution in [0.5, 0.6) is 0 Å². The first-order valence-electron chi connectivity index (χ1n) is 8.60. The van der Waals surface area contributed by atoms with Gasteiger partial charge >= 0.3 is 0 Å². The quantitative estimate of drug-likeness (QED) is 0.855. The molecule has 2 fully saturated rings. The molecule has 2 saturated heterocycles. The Morgan fingerprint density at radius 2 is 2.19 bits per heavy atom. The lowest BCUT2D eigenvalue weighted by molar-refractivity contribution is -0.134. The molecule has 7 heteroatoms. The van der Waals surface area contributed by atoms with Gasteiger partial charge in [0.2, 0.25) is 5.91 Å². The maximum atomic E-state index is 12.9. The second-order valence-corrected chi connectivity index (χ2v) is 8.82. The highest BCUT2D eigenvalue weighted by Gasteiger charge is 2.43. The van der Waals surface area contributed by atoms with Crippen LogP contribution in [-0.4, -0.2) is 51.4 Å². The average Bonchev–Trinajstić information content (AvgIpc) is 3.38. The molecule has 0 radical (unpaired) electrons. The second kappa shape index (κ2) is 7.47. The fourth-order valence-corrected chi connectivity index (χ4v) is 5.88. The minimum absolute atomic E-state index is 0.0952. The van der Waals surface area contributed by atoms with Gasteiger partial charge in [-0.05, 0) is 17.5 Å². The number of nitrogens with one attached hydrogen (secondary N) is 1. The van der Waals surface area contributed by atoms with E-state index in [0.717, 1.165) is 12.0 Å². The smallest absolute Gasteiger partial charge is 0.243 e. The van der Waals surface area contributed by atoms with E-state index in [4.69, 9.17) is 0 Å². The largest absolute Gasteiger partial charge is 0.315 e. The number of benzene rings is 1. The van der Waals surface area contributed by atoms with E-state index < -0.39 is 6.04 Å². The number of amides is 1. The summed E-state index contributed by atoms with van der Waals surface area (Å²) in [6.45, 7) is 0. The van der Waals surface area contributed by atoms with Gasteiger partial charge in [0.1, 0.15) is 12.1 Å². The number of ketones is 1.